The average Bonchev–Trinajstić information content (AvgIpc) is 2.38. The highest BCUT2D eigenvalue weighted by atomic mass is 14.3. The van der Waals surface area contributed by atoms with E-state index >= 15 is 0 Å². The van der Waals surface area contributed by atoms with E-state index in [0.717, 1.165) is 5.92 Å². The quantitative estimate of drug-likeness (QED) is 0.501. The highest BCUT2D eigenvalue weighted by Crippen LogP contribution is 2.41. The molecule has 0 fully saturated rings. The molecule has 1 aromatic carbocycles. The minimum Gasteiger partial charge on any atom is -0.0654 e. The summed E-state index contributed by atoms with van der Waals surface area (Å²) in [6, 6.07) is 7.27. The average molecular weight is 303 g/mol. The van der Waals surface area contributed by atoms with Gasteiger partial charge >= 0.3 is 0 Å². The van der Waals surface area contributed by atoms with Crippen LogP contribution >= 0.6 is 0 Å². The second kappa shape index (κ2) is 8.18. The van der Waals surface area contributed by atoms with Crippen molar-refractivity contribution in [1.82, 2.24) is 0 Å². The summed E-state index contributed by atoms with van der Waals surface area (Å²) in [5.74, 6) is 2.14. The molecule has 1 rings (SSSR count). The van der Waals surface area contributed by atoms with Crippen molar-refractivity contribution in [1.29, 1.82) is 0 Å². The first-order valence-electron chi connectivity index (χ1n) is 9.30. The van der Waals surface area contributed by atoms with Gasteiger partial charge in [0, 0.05) is 0 Å². The van der Waals surface area contributed by atoms with Crippen LogP contribution in [-0.2, 0) is 6.42 Å². The summed E-state index contributed by atoms with van der Waals surface area (Å²) in [5.41, 5.74) is 4.88. The summed E-state index contributed by atoms with van der Waals surface area (Å²) < 4.78 is 0. The molecule has 0 bridgehead atoms. The van der Waals surface area contributed by atoms with Gasteiger partial charge < -0.3 is 0 Å². The van der Waals surface area contributed by atoms with E-state index in [1.165, 1.54) is 36.8 Å². The second-order valence-electron chi connectivity index (χ2n) is 8.54. The van der Waals surface area contributed by atoms with E-state index in [9.17, 15) is 0 Å². The van der Waals surface area contributed by atoms with Crippen LogP contribution in [0.3, 0.4) is 0 Å². The van der Waals surface area contributed by atoms with Gasteiger partial charge in [-0.2, -0.15) is 0 Å². The van der Waals surface area contributed by atoms with Crippen molar-refractivity contribution in [3.63, 3.8) is 0 Å². The standard InChI is InChI=1S/C22H38/c1-9-11-18(10-2)15-19-12-13-20(14-17(19)5)21(16(3)4)22(6,7)8/h12-14,16,18,21H,9-11,15H2,1-8H3. The van der Waals surface area contributed by atoms with E-state index in [1.54, 1.807) is 5.56 Å². The molecule has 0 aliphatic heterocycles. The van der Waals surface area contributed by atoms with Crippen LogP contribution in [-0.4, -0.2) is 0 Å². The molecule has 2 unspecified atom stereocenters. The third-order valence-corrected chi connectivity index (χ3v) is 5.11. The Kier molecular flexibility index (Phi) is 7.16. The Balaban J connectivity index is 3.02. The number of benzene rings is 1. The molecule has 0 nitrogen and oxygen atoms in total. The van der Waals surface area contributed by atoms with E-state index in [2.05, 4.69) is 73.6 Å². The lowest BCUT2D eigenvalue weighted by Gasteiger charge is -2.35. The minimum absolute atomic E-state index is 0.316. The molecule has 0 aliphatic rings. The molecule has 0 saturated carbocycles. The molecule has 1 aromatic rings. The fourth-order valence-corrected chi connectivity index (χ4v) is 4.20. The zero-order valence-corrected chi connectivity index (χ0v) is 16.3. The Labute approximate surface area is 139 Å². The smallest absolute Gasteiger partial charge is 0.00901 e. The van der Waals surface area contributed by atoms with Crippen LogP contribution in [0.15, 0.2) is 18.2 Å². The van der Waals surface area contributed by atoms with Crippen LogP contribution in [0.4, 0.5) is 0 Å². The van der Waals surface area contributed by atoms with Gasteiger partial charge in [0.1, 0.15) is 0 Å². The Bertz CT molecular complexity index is 448. The van der Waals surface area contributed by atoms with Gasteiger partial charge in [0.05, 0.1) is 0 Å². The molecule has 0 aromatic heterocycles. The zero-order valence-electron chi connectivity index (χ0n) is 16.3. The van der Waals surface area contributed by atoms with E-state index in [-0.39, 0.29) is 0 Å². The van der Waals surface area contributed by atoms with E-state index in [0.29, 0.717) is 17.3 Å². The first-order chi connectivity index (χ1) is 10.2. The van der Waals surface area contributed by atoms with Crippen molar-refractivity contribution in [2.45, 2.75) is 87.0 Å². The summed E-state index contributed by atoms with van der Waals surface area (Å²) >= 11 is 0. The molecular formula is C22H38. The fourth-order valence-electron chi connectivity index (χ4n) is 4.20. The Morgan fingerprint density at radius 3 is 2.09 bits per heavy atom. The van der Waals surface area contributed by atoms with Crippen LogP contribution in [0.25, 0.3) is 0 Å². The van der Waals surface area contributed by atoms with Crippen molar-refractivity contribution in [2.24, 2.45) is 17.3 Å². The van der Waals surface area contributed by atoms with E-state index in [1.807, 2.05) is 0 Å². The summed E-state index contributed by atoms with van der Waals surface area (Å²) in [7, 11) is 0. The third-order valence-electron chi connectivity index (χ3n) is 5.11. The lowest BCUT2D eigenvalue weighted by atomic mass is 9.70. The van der Waals surface area contributed by atoms with Crippen LogP contribution in [0, 0.1) is 24.2 Å². The topological polar surface area (TPSA) is 0 Å². The van der Waals surface area contributed by atoms with Gasteiger partial charge in [0.25, 0.3) is 0 Å². The van der Waals surface area contributed by atoms with Crippen molar-refractivity contribution in [3.8, 4) is 0 Å². The third kappa shape index (κ3) is 5.14. The number of hydrogen-bond acceptors (Lipinski definition) is 0. The molecule has 0 saturated heterocycles. The molecule has 0 heteroatoms. The van der Waals surface area contributed by atoms with Crippen molar-refractivity contribution < 1.29 is 0 Å². The highest BCUT2D eigenvalue weighted by molar-refractivity contribution is 5.34. The normalized spacial score (nSPS) is 15.1. The van der Waals surface area contributed by atoms with Crippen molar-refractivity contribution in [2.75, 3.05) is 0 Å². The molecule has 2 atom stereocenters. The first-order valence-corrected chi connectivity index (χ1v) is 9.30. The SMILES string of the molecule is CCCC(CC)Cc1ccc(C(C(C)C)C(C)(C)C)cc1C. The Morgan fingerprint density at radius 1 is 1.05 bits per heavy atom. The van der Waals surface area contributed by atoms with Gasteiger partial charge in [-0.3, -0.25) is 0 Å². The largest absolute Gasteiger partial charge is 0.0654 e. The van der Waals surface area contributed by atoms with Crippen molar-refractivity contribution >= 4 is 0 Å². The summed E-state index contributed by atoms with van der Waals surface area (Å²) in [4.78, 5) is 0. The molecule has 0 aliphatic carbocycles. The number of hydrogen-bond donors (Lipinski definition) is 0. The second-order valence-corrected chi connectivity index (χ2v) is 8.54. The molecule has 0 amide bonds. The predicted molar refractivity (Wildman–Crippen MR) is 101 cm³/mol. The Hall–Kier alpha value is -0.780. The van der Waals surface area contributed by atoms with E-state index < -0.39 is 0 Å². The van der Waals surface area contributed by atoms with Gasteiger partial charge in [-0.05, 0) is 53.2 Å². The summed E-state index contributed by atoms with van der Waals surface area (Å²) in [6.07, 6.45) is 5.20. The maximum absolute atomic E-state index is 2.46. The first kappa shape index (κ1) is 19.3. The minimum atomic E-state index is 0.316. The molecule has 126 valence electrons. The Morgan fingerprint density at radius 2 is 1.68 bits per heavy atom. The van der Waals surface area contributed by atoms with E-state index in [4.69, 9.17) is 0 Å². The number of rotatable bonds is 7. The molecular weight excluding hydrogens is 264 g/mol. The van der Waals surface area contributed by atoms with Crippen LogP contribution < -0.4 is 0 Å². The fraction of sp³-hybridized carbons (Fsp3) is 0.727. The zero-order chi connectivity index (χ0) is 16.9. The van der Waals surface area contributed by atoms with Gasteiger partial charge in [-0.15, -0.1) is 0 Å². The van der Waals surface area contributed by atoms with Crippen LogP contribution in [0.5, 0.6) is 0 Å². The summed E-state index contributed by atoms with van der Waals surface area (Å²) in [6.45, 7) is 18.8. The van der Waals surface area contributed by atoms with Crippen molar-refractivity contribution in [3.05, 3.63) is 34.9 Å². The molecule has 0 N–H and O–H groups in total. The molecule has 0 radical (unpaired) electrons. The van der Waals surface area contributed by atoms with Crippen LogP contribution in [0.2, 0.25) is 0 Å². The van der Waals surface area contributed by atoms with Gasteiger partial charge in [-0.25, -0.2) is 0 Å². The van der Waals surface area contributed by atoms with Crippen LogP contribution in [0.1, 0.15) is 90.3 Å². The number of aryl methyl sites for hydroxylation is 1. The molecule has 0 heterocycles. The van der Waals surface area contributed by atoms with Gasteiger partial charge in [-0.1, -0.05) is 85.9 Å². The lowest BCUT2D eigenvalue weighted by Crippen LogP contribution is -2.23. The maximum Gasteiger partial charge on any atom is -0.00901 e. The maximum atomic E-state index is 2.46. The monoisotopic (exact) mass is 302 g/mol. The highest BCUT2D eigenvalue weighted by Gasteiger charge is 2.29. The molecule has 22 heavy (non-hydrogen) atoms. The molecule has 0 spiro atoms. The predicted octanol–water partition coefficient (Wildman–Crippen LogP) is 7.15. The summed E-state index contributed by atoms with van der Waals surface area (Å²) in [5, 5.41) is 0. The van der Waals surface area contributed by atoms with Gasteiger partial charge in [0.15, 0.2) is 0 Å². The van der Waals surface area contributed by atoms with Gasteiger partial charge in [0.2, 0.25) is 0 Å². The lowest BCUT2D eigenvalue weighted by molar-refractivity contribution is 0.258.